The molecule has 0 aliphatic carbocycles. The van der Waals surface area contributed by atoms with Crippen molar-refractivity contribution in [3.63, 3.8) is 0 Å². The number of ether oxygens (including phenoxy) is 3. The number of hydrogen-bond donors (Lipinski definition) is 4. The number of aliphatic hydroxyl groups excluding tert-OH is 1. The molecule has 22 heteroatoms. The van der Waals surface area contributed by atoms with Gasteiger partial charge in [-0.25, -0.2) is 4.79 Å². The van der Waals surface area contributed by atoms with Gasteiger partial charge in [0.2, 0.25) is 29.5 Å². The second-order valence-corrected chi connectivity index (χ2v) is 30.4. The maximum Gasteiger partial charge on any atom is 0.329 e. The van der Waals surface area contributed by atoms with E-state index >= 15 is 14.4 Å². The van der Waals surface area contributed by atoms with E-state index in [0.29, 0.717) is 43.5 Å². The summed E-state index contributed by atoms with van der Waals surface area (Å²) in [6, 6.07) is -1.71. The highest BCUT2D eigenvalue weighted by Gasteiger charge is 2.47. The first-order valence-electron chi connectivity index (χ1n) is 29.6. The first-order chi connectivity index (χ1) is 38.1. The quantitative estimate of drug-likeness (QED) is 0.116. The zero-order chi connectivity index (χ0) is 61.9. The lowest BCUT2D eigenvalue weighted by Crippen LogP contribution is -2.62. The molecule has 3 heterocycles. The van der Waals surface area contributed by atoms with Gasteiger partial charge in [0.05, 0.1) is 25.7 Å². The molecular weight excluding hydrogens is 1070 g/mol. The Bertz CT molecular complexity index is 2400. The van der Waals surface area contributed by atoms with Gasteiger partial charge in [0.15, 0.2) is 14.4 Å². The monoisotopic (exact) mass is 1170 g/mol. The number of fused-ring (bicyclic) bond motifs is 1. The van der Waals surface area contributed by atoms with Crippen LogP contribution in [0.5, 0.6) is 5.75 Å². The molecule has 0 bridgehead atoms. The molecule has 3 aliphatic rings. The molecular formula is C60H99N7O14Si. The van der Waals surface area contributed by atoms with E-state index in [-0.39, 0.29) is 55.0 Å². The van der Waals surface area contributed by atoms with E-state index in [0.717, 1.165) is 0 Å². The van der Waals surface area contributed by atoms with Gasteiger partial charge < -0.3 is 59.3 Å². The second-order valence-electron chi connectivity index (χ2n) is 25.7. The Labute approximate surface area is 488 Å². The number of esters is 2. The summed E-state index contributed by atoms with van der Waals surface area (Å²) in [5.41, 5.74) is 0.605. The van der Waals surface area contributed by atoms with Crippen molar-refractivity contribution in [3.05, 3.63) is 29.8 Å². The smallest absolute Gasteiger partial charge is 0.329 e. The summed E-state index contributed by atoms with van der Waals surface area (Å²) in [5.74, 6) is -7.13. The van der Waals surface area contributed by atoms with E-state index in [2.05, 4.69) is 49.8 Å². The predicted molar refractivity (Wildman–Crippen MR) is 312 cm³/mol. The van der Waals surface area contributed by atoms with Gasteiger partial charge in [-0.2, -0.15) is 0 Å². The molecule has 82 heavy (non-hydrogen) atoms. The van der Waals surface area contributed by atoms with Crippen LogP contribution in [-0.4, -0.2) is 187 Å². The van der Waals surface area contributed by atoms with Gasteiger partial charge in [-0.1, -0.05) is 94.7 Å². The molecule has 3 aliphatic heterocycles. The van der Waals surface area contributed by atoms with Crippen molar-refractivity contribution >= 4 is 61.6 Å². The number of rotatable bonds is 17. The third-order valence-corrected chi connectivity index (χ3v) is 21.5. The number of nitrogens with one attached hydrogen (secondary N) is 3. The number of nitrogens with zero attached hydrogens (tertiary/aromatic N) is 4. The first kappa shape index (κ1) is 68.9. The lowest BCUT2D eigenvalue weighted by atomic mass is 9.92. The zero-order valence-electron chi connectivity index (χ0n) is 52.3. The molecule has 3 saturated heterocycles. The van der Waals surface area contributed by atoms with Crippen molar-refractivity contribution < 1.29 is 66.9 Å². The normalized spacial score (nSPS) is 26.3. The first-order valence-corrected chi connectivity index (χ1v) is 32.5. The highest BCUT2D eigenvalue weighted by Crippen LogP contribution is 2.38. The van der Waals surface area contributed by atoms with Crippen molar-refractivity contribution in [2.75, 3.05) is 34.3 Å². The zero-order valence-corrected chi connectivity index (χ0v) is 53.3. The minimum atomic E-state index is -2.39. The van der Waals surface area contributed by atoms with E-state index in [9.17, 15) is 33.9 Å². The Balaban J connectivity index is 1.84. The van der Waals surface area contributed by atoms with Crippen molar-refractivity contribution in [2.45, 2.75) is 233 Å². The van der Waals surface area contributed by atoms with Crippen molar-refractivity contribution in [2.24, 2.45) is 23.7 Å². The summed E-state index contributed by atoms with van der Waals surface area (Å²) < 4.78 is 23.8. The molecule has 0 spiro atoms. The molecule has 4 N–H and O–H groups in total. The van der Waals surface area contributed by atoms with E-state index in [1.165, 1.54) is 47.7 Å². The predicted octanol–water partition coefficient (Wildman–Crippen LogP) is 5.14. The number of hydrogen-bond acceptors (Lipinski definition) is 14. The summed E-state index contributed by atoms with van der Waals surface area (Å²) in [6.07, 6.45) is -3.84. The van der Waals surface area contributed by atoms with Crippen LogP contribution in [0.25, 0.3) is 0 Å². The molecule has 7 amide bonds. The molecule has 0 saturated carbocycles. The molecule has 4 rings (SSSR count). The Hall–Kier alpha value is -5.61. The molecule has 12 atom stereocenters. The third-order valence-electron chi connectivity index (χ3n) is 16.9. The van der Waals surface area contributed by atoms with Crippen molar-refractivity contribution in [1.29, 1.82) is 0 Å². The number of aliphatic hydroxyl groups is 1. The van der Waals surface area contributed by atoms with Crippen LogP contribution in [0.4, 0.5) is 0 Å². The maximum atomic E-state index is 15.1. The Morgan fingerprint density at radius 1 is 0.878 bits per heavy atom. The molecule has 0 radical (unpaired) electrons. The van der Waals surface area contributed by atoms with E-state index in [1.807, 2.05) is 34.6 Å². The molecule has 462 valence electrons. The van der Waals surface area contributed by atoms with Gasteiger partial charge in [-0.15, -0.1) is 0 Å². The van der Waals surface area contributed by atoms with Crippen LogP contribution in [0.2, 0.25) is 18.1 Å². The molecule has 0 aromatic heterocycles. The van der Waals surface area contributed by atoms with Crippen LogP contribution in [0.3, 0.4) is 0 Å². The van der Waals surface area contributed by atoms with Crippen LogP contribution >= 0.6 is 0 Å². The van der Waals surface area contributed by atoms with Crippen molar-refractivity contribution in [1.82, 2.24) is 35.6 Å². The average molecular weight is 1170 g/mol. The number of likely N-dealkylation sites (N-methyl/N-ethyl adjacent to an activating group) is 2. The number of carbonyl (C=O) groups is 9. The summed E-state index contributed by atoms with van der Waals surface area (Å²) in [7, 11) is 2.03. The molecule has 1 unspecified atom stereocenters. The minimum absolute atomic E-state index is 0.0914. The number of methoxy groups -OCH3 is 1. The third kappa shape index (κ3) is 17.7. The topological polar surface area (TPSA) is 260 Å². The maximum absolute atomic E-state index is 15.1. The lowest BCUT2D eigenvalue weighted by molar-refractivity contribution is -0.162. The van der Waals surface area contributed by atoms with Crippen LogP contribution < -0.4 is 20.7 Å². The minimum Gasteiger partial charge on any atom is -0.497 e. The van der Waals surface area contributed by atoms with Crippen LogP contribution in [0, 0.1) is 23.7 Å². The SMILES string of the molecule is CC[C@H](C)[C@H]1NC(=O)[C@@H](NC(=O)[C@@H](CC(C)C)N(C)C(=O)C2CCCN2C(=O)[C@H](C)O[Si](C)(C)C(C)(C)C)[C@@H](C)OC(=O)[C@H](Cc2ccc(OC)cc2)N(C)C(=O)[C@@H]2CCCN2C(=O)[C@H](CC(C)C)NC(=O)[C@H](C(C)C)OC(=O)C[C@@H]1O. The van der Waals surface area contributed by atoms with Crippen LogP contribution in [0.1, 0.15) is 147 Å². The highest BCUT2D eigenvalue weighted by molar-refractivity contribution is 6.74. The molecule has 1 aromatic rings. The fraction of sp³-hybridized carbons (Fsp3) is 0.750. The fourth-order valence-corrected chi connectivity index (χ4v) is 12.1. The van der Waals surface area contributed by atoms with Gasteiger partial charge in [0.25, 0.3) is 11.8 Å². The number of carbonyl (C=O) groups excluding carboxylic acids is 9. The Morgan fingerprint density at radius 3 is 2.06 bits per heavy atom. The second kappa shape index (κ2) is 29.8. The number of cyclic esters (lactones) is 2. The summed E-state index contributed by atoms with van der Waals surface area (Å²) in [4.78, 5) is 137. The van der Waals surface area contributed by atoms with Gasteiger partial charge in [0.1, 0.15) is 54.2 Å². The molecule has 3 fully saturated rings. The van der Waals surface area contributed by atoms with Crippen molar-refractivity contribution in [3.8, 4) is 5.75 Å². The van der Waals surface area contributed by atoms with Crippen LogP contribution in [0.15, 0.2) is 24.3 Å². The molecule has 21 nitrogen and oxygen atoms in total. The molecule has 1 aromatic carbocycles. The number of amides is 7. The van der Waals surface area contributed by atoms with E-state index in [1.54, 1.807) is 52.0 Å². The fourth-order valence-electron chi connectivity index (χ4n) is 10.7. The summed E-state index contributed by atoms with van der Waals surface area (Å²) >= 11 is 0. The Morgan fingerprint density at radius 2 is 1.50 bits per heavy atom. The van der Waals surface area contributed by atoms with Gasteiger partial charge in [0, 0.05) is 33.6 Å². The Kier molecular flexibility index (Phi) is 25.0. The van der Waals surface area contributed by atoms with Gasteiger partial charge >= 0.3 is 11.9 Å². The van der Waals surface area contributed by atoms with Gasteiger partial charge in [-0.05, 0) is 112 Å². The summed E-state index contributed by atoms with van der Waals surface area (Å²) in [5, 5.41) is 20.2. The number of benzene rings is 1. The average Bonchev–Trinajstić information content (AvgIpc) is 4.29. The number of likely N-dealkylation sites (tertiary alicyclic amines) is 1. The lowest BCUT2D eigenvalue weighted by Gasteiger charge is -2.39. The van der Waals surface area contributed by atoms with Crippen LogP contribution in [-0.2, 0) is 63.5 Å². The largest absolute Gasteiger partial charge is 0.497 e. The van der Waals surface area contributed by atoms with E-state index < -0.39 is 141 Å². The highest BCUT2D eigenvalue weighted by atomic mass is 28.4. The van der Waals surface area contributed by atoms with E-state index in [4.69, 9.17) is 18.6 Å². The standard InChI is InChI=1S/C60H99N7O14Si/c1-19-37(8)49-47(68)33-48(69)80-51(36(6)7)54(72)61-42(30-34(2)3)56(74)67-29-21-23-44(67)58(76)65(15)46(32-40-24-26-41(78-16)27-25-40)59(77)79-38(9)50(53(71)62-49)63-52(70)45(31-35(4)5)64(14)57(75)43-22-20-28-66(43)55(73)39(10)81-82(17,18)60(11,12)13/h24-27,34-39,42-47,49-51,68H,19-23,28-33H2,1-18H3,(H,61,72)(H,62,71)(H,63,70)/t37-,38+,39-,42-,43?,44-,45+,46-,47-,49+,50-,51-/m0/s1. The van der Waals surface area contributed by atoms with Gasteiger partial charge in [-0.3, -0.25) is 38.4 Å². The summed E-state index contributed by atoms with van der Waals surface area (Å²) in [6.45, 7) is 28.3.